The van der Waals surface area contributed by atoms with E-state index in [1.54, 1.807) is 12.1 Å². The highest BCUT2D eigenvalue weighted by Crippen LogP contribution is 2.30. The van der Waals surface area contributed by atoms with Gasteiger partial charge >= 0.3 is 0 Å². The van der Waals surface area contributed by atoms with Gasteiger partial charge < -0.3 is 4.57 Å². The number of aromatic nitrogens is 1. The Morgan fingerprint density at radius 2 is 1.95 bits per heavy atom. The van der Waals surface area contributed by atoms with Gasteiger partial charge in [0.1, 0.15) is 5.82 Å². The molecule has 3 aromatic rings. The second kappa shape index (κ2) is 5.29. The number of hydrogen-bond donors (Lipinski definition) is 0. The normalized spacial score (nSPS) is 12.8. The van der Waals surface area contributed by atoms with E-state index in [1.807, 2.05) is 36.5 Å². The van der Waals surface area contributed by atoms with Gasteiger partial charge in [-0.05, 0) is 42.3 Å². The van der Waals surface area contributed by atoms with E-state index in [1.165, 1.54) is 6.07 Å². The zero-order valence-electron chi connectivity index (χ0n) is 10.9. The minimum atomic E-state index is -0.226. The van der Waals surface area contributed by atoms with Crippen molar-refractivity contribution in [1.29, 1.82) is 0 Å². The van der Waals surface area contributed by atoms with Crippen molar-refractivity contribution in [2.45, 2.75) is 12.5 Å². The van der Waals surface area contributed by atoms with Gasteiger partial charge in [0.2, 0.25) is 0 Å². The molecular weight excluding hydrogens is 273 g/mol. The van der Waals surface area contributed by atoms with E-state index in [4.69, 9.17) is 11.6 Å². The van der Waals surface area contributed by atoms with Crippen LogP contribution in [-0.4, -0.2) is 4.57 Å². The van der Waals surface area contributed by atoms with Crippen LogP contribution in [-0.2, 0) is 0 Å². The van der Waals surface area contributed by atoms with Crippen molar-refractivity contribution in [2.24, 2.45) is 0 Å². The van der Waals surface area contributed by atoms with Crippen LogP contribution in [0.15, 0.2) is 54.7 Å². The fraction of sp³-hybridized carbons (Fsp3) is 0.118. The van der Waals surface area contributed by atoms with Crippen molar-refractivity contribution < 1.29 is 4.39 Å². The summed E-state index contributed by atoms with van der Waals surface area (Å²) >= 11 is 6.20. The molecule has 0 amide bonds. The van der Waals surface area contributed by atoms with E-state index >= 15 is 0 Å². The molecular formula is C17H14ClFN. The van der Waals surface area contributed by atoms with Gasteiger partial charge in [-0.15, -0.1) is 0 Å². The number of rotatable bonds is 3. The molecule has 3 rings (SSSR count). The smallest absolute Gasteiger partial charge is 0.123 e. The van der Waals surface area contributed by atoms with Gasteiger partial charge in [-0.3, -0.25) is 0 Å². The largest absolute Gasteiger partial charge is 0.340 e. The maximum Gasteiger partial charge on any atom is 0.123 e. The highest BCUT2D eigenvalue weighted by molar-refractivity contribution is 6.35. The summed E-state index contributed by atoms with van der Waals surface area (Å²) in [6.45, 7) is 4.00. The molecule has 0 saturated carbocycles. The average Bonchev–Trinajstić information content (AvgIpc) is 2.86. The predicted molar refractivity (Wildman–Crippen MR) is 81.5 cm³/mol. The predicted octanol–water partition coefficient (Wildman–Crippen LogP) is 5.25. The van der Waals surface area contributed by atoms with Crippen LogP contribution in [0.5, 0.6) is 0 Å². The van der Waals surface area contributed by atoms with Crippen molar-refractivity contribution in [1.82, 2.24) is 4.57 Å². The summed E-state index contributed by atoms with van der Waals surface area (Å²) in [5.41, 5.74) is 1.95. The quantitative estimate of drug-likeness (QED) is 0.620. The van der Waals surface area contributed by atoms with Gasteiger partial charge in [-0.2, -0.15) is 0 Å². The Kier molecular flexibility index (Phi) is 3.49. The molecule has 1 heterocycles. The Morgan fingerprint density at radius 1 is 1.15 bits per heavy atom. The van der Waals surface area contributed by atoms with Gasteiger partial charge in [0.15, 0.2) is 0 Å². The lowest BCUT2D eigenvalue weighted by Gasteiger charge is -2.19. The number of nitrogens with zero attached hydrogens (tertiary/aromatic N) is 1. The van der Waals surface area contributed by atoms with Crippen LogP contribution in [0.1, 0.15) is 18.0 Å². The summed E-state index contributed by atoms with van der Waals surface area (Å²) in [6, 6.07) is 14.5. The molecule has 0 aliphatic heterocycles. The van der Waals surface area contributed by atoms with Crippen LogP contribution >= 0.6 is 11.6 Å². The molecule has 0 saturated heterocycles. The minimum absolute atomic E-state index is 0.00154. The number of benzene rings is 2. The summed E-state index contributed by atoms with van der Waals surface area (Å²) in [6.07, 6.45) is 2.62. The fourth-order valence-corrected chi connectivity index (χ4v) is 2.84. The summed E-state index contributed by atoms with van der Waals surface area (Å²) in [7, 11) is 0. The van der Waals surface area contributed by atoms with Crippen molar-refractivity contribution in [3.63, 3.8) is 0 Å². The molecule has 0 aliphatic carbocycles. The van der Waals surface area contributed by atoms with Crippen LogP contribution < -0.4 is 0 Å². The first-order valence-electron chi connectivity index (χ1n) is 6.50. The monoisotopic (exact) mass is 286 g/mol. The molecule has 0 bridgehead atoms. The third-order valence-corrected chi connectivity index (χ3v) is 3.88. The van der Waals surface area contributed by atoms with Gasteiger partial charge in [0.25, 0.3) is 0 Å². The van der Waals surface area contributed by atoms with E-state index in [0.717, 1.165) is 21.5 Å². The van der Waals surface area contributed by atoms with Crippen LogP contribution in [0.3, 0.4) is 0 Å². The molecule has 0 spiro atoms. The Balaban J connectivity index is 2.15. The Morgan fingerprint density at radius 3 is 2.70 bits per heavy atom. The lowest BCUT2D eigenvalue weighted by molar-refractivity contribution is 0.590. The van der Waals surface area contributed by atoms with E-state index < -0.39 is 0 Å². The highest BCUT2D eigenvalue weighted by Gasteiger charge is 2.15. The van der Waals surface area contributed by atoms with Gasteiger partial charge in [-0.1, -0.05) is 36.7 Å². The molecule has 1 atom stereocenters. The third kappa shape index (κ3) is 2.20. The first kappa shape index (κ1) is 13.2. The van der Waals surface area contributed by atoms with Crippen LogP contribution in [0, 0.1) is 12.7 Å². The van der Waals surface area contributed by atoms with Crippen molar-refractivity contribution in [3.8, 4) is 0 Å². The molecule has 3 heteroatoms. The number of halogens is 2. The summed E-state index contributed by atoms with van der Waals surface area (Å²) in [5.74, 6) is -0.226. The second-order valence-corrected chi connectivity index (χ2v) is 5.16. The molecule has 1 radical (unpaired) electrons. The zero-order valence-corrected chi connectivity index (χ0v) is 11.6. The van der Waals surface area contributed by atoms with E-state index in [0.29, 0.717) is 6.42 Å². The van der Waals surface area contributed by atoms with Crippen molar-refractivity contribution in [3.05, 3.63) is 78.1 Å². The first-order valence-corrected chi connectivity index (χ1v) is 6.88. The summed E-state index contributed by atoms with van der Waals surface area (Å²) in [4.78, 5) is 0. The third-order valence-electron chi connectivity index (χ3n) is 3.55. The number of fused-ring (bicyclic) bond motifs is 1. The molecule has 1 unspecified atom stereocenters. The minimum Gasteiger partial charge on any atom is -0.340 e. The maximum atomic E-state index is 13.4. The van der Waals surface area contributed by atoms with Gasteiger partial charge in [-0.25, -0.2) is 4.39 Å². The highest BCUT2D eigenvalue weighted by atomic mass is 35.5. The maximum absolute atomic E-state index is 13.4. The molecule has 0 aliphatic rings. The molecule has 0 fully saturated rings. The van der Waals surface area contributed by atoms with E-state index in [-0.39, 0.29) is 11.9 Å². The molecule has 2 aromatic carbocycles. The van der Waals surface area contributed by atoms with Crippen molar-refractivity contribution >= 4 is 22.5 Å². The van der Waals surface area contributed by atoms with Gasteiger partial charge in [0, 0.05) is 16.6 Å². The second-order valence-electron chi connectivity index (χ2n) is 4.76. The SMILES string of the molecule is [CH2]CC(c1cccc(F)c1)n1ccc2c(Cl)cccc21. The Hall–Kier alpha value is -1.80. The van der Waals surface area contributed by atoms with E-state index in [9.17, 15) is 4.39 Å². The fourth-order valence-electron chi connectivity index (χ4n) is 2.60. The molecule has 20 heavy (non-hydrogen) atoms. The molecule has 1 nitrogen and oxygen atoms in total. The van der Waals surface area contributed by atoms with Crippen LogP contribution in [0.25, 0.3) is 10.9 Å². The lowest BCUT2D eigenvalue weighted by atomic mass is 10.0. The topological polar surface area (TPSA) is 4.93 Å². The first-order chi connectivity index (χ1) is 9.70. The zero-order chi connectivity index (χ0) is 14.1. The van der Waals surface area contributed by atoms with Gasteiger partial charge in [0.05, 0.1) is 11.6 Å². The van der Waals surface area contributed by atoms with Crippen LogP contribution in [0.4, 0.5) is 4.39 Å². The number of hydrogen-bond acceptors (Lipinski definition) is 0. The Labute approximate surface area is 122 Å². The lowest BCUT2D eigenvalue weighted by Crippen LogP contribution is -2.08. The molecule has 0 N–H and O–H groups in total. The van der Waals surface area contributed by atoms with Crippen molar-refractivity contribution in [2.75, 3.05) is 0 Å². The average molecular weight is 287 g/mol. The van der Waals surface area contributed by atoms with E-state index in [2.05, 4.69) is 11.5 Å². The Bertz CT molecular complexity index is 748. The van der Waals surface area contributed by atoms with Crippen LogP contribution in [0.2, 0.25) is 5.02 Å². The summed E-state index contributed by atoms with van der Waals surface area (Å²) < 4.78 is 15.5. The molecule has 101 valence electrons. The summed E-state index contributed by atoms with van der Waals surface area (Å²) in [5, 5.41) is 1.73. The standard InChI is InChI=1S/C17H14ClFN/c1-2-16(12-5-3-6-13(19)11-12)20-10-9-14-15(18)7-4-8-17(14)20/h3-11,16H,1-2H2. The molecule has 1 aromatic heterocycles.